The Bertz CT molecular complexity index is 718. The maximum atomic E-state index is 12.1. The first-order chi connectivity index (χ1) is 12.0. The van der Waals surface area contributed by atoms with Gasteiger partial charge in [-0.25, -0.2) is 9.97 Å². The van der Waals surface area contributed by atoms with Crippen LogP contribution in [0.3, 0.4) is 0 Å². The number of nitrogens with zero attached hydrogens (tertiary/aromatic N) is 4. The highest BCUT2D eigenvalue weighted by molar-refractivity contribution is 7.99. The molecule has 136 valence electrons. The average molecular weight is 383 g/mol. The quantitative estimate of drug-likeness (QED) is 0.632. The first kappa shape index (κ1) is 18.3. The summed E-state index contributed by atoms with van der Waals surface area (Å²) in [7, 11) is 0. The zero-order valence-electron chi connectivity index (χ0n) is 14.2. The number of hydrogen-bond donors (Lipinski definition) is 3. The Morgan fingerprint density at radius 3 is 3.00 bits per heavy atom. The fourth-order valence-corrected chi connectivity index (χ4v) is 4.04. The molecule has 8 nitrogen and oxygen atoms in total. The average Bonchev–Trinajstić information content (AvgIpc) is 3.16. The van der Waals surface area contributed by atoms with Crippen molar-refractivity contribution in [1.29, 1.82) is 0 Å². The van der Waals surface area contributed by atoms with Crippen LogP contribution in [0.4, 0.5) is 0 Å². The molecule has 2 aromatic heterocycles. The first-order valence-corrected chi connectivity index (χ1v) is 9.98. The number of hydrogen-bond acceptors (Lipinski definition) is 8. The predicted molar refractivity (Wildman–Crippen MR) is 96.5 cm³/mol. The van der Waals surface area contributed by atoms with Crippen LogP contribution in [0, 0.1) is 13.8 Å². The number of aliphatic hydroxyl groups is 1. The molecular weight excluding hydrogens is 360 g/mol. The maximum Gasteiger partial charge on any atom is 0.230 e. The lowest BCUT2D eigenvalue weighted by Gasteiger charge is -2.35. The van der Waals surface area contributed by atoms with E-state index in [0.29, 0.717) is 11.7 Å². The number of H-pyrrole nitrogens is 1. The Balaban J connectivity index is 1.42. The van der Waals surface area contributed by atoms with Gasteiger partial charge in [0, 0.05) is 25.0 Å². The standard InChI is InChI=1S/C15H22N6O2S2/c1-9-16-15(20-19-9)25-8-14(23)18-12-3-4-21(6-13(12)22)5-11-7-24-10(2)17-11/h7,12-13,22H,3-6,8H2,1-2H3,(H,18,23)(H,16,19,20)/t12-,13-/m1/s1. The van der Waals surface area contributed by atoms with Crippen molar-refractivity contribution in [2.45, 2.75) is 44.1 Å². The molecule has 1 amide bonds. The third kappa shape index (κ3) is 5.24. The maximum absolute atomic E-state index is 12.1. The topological polar surface area (TPSA) is 107 Å². The lowest BCUT2D eigenvalue weighted by Crippen LogP contribution is -2.54. The van der Waals surface area contributed by atoms with Crippen molar-refractivity contribution in [3.8, 4) is 0 Å². The van der Waals surface area contributed by atoms with Crippen LogP contribution >= 0.6 is 23.1 Å². The molecule has 0 radical (unpaired) electrons. The number of aliphatic hydroxyl groups excluding tert-OH is 1. The molecule has 3 rings (SSSR count). The molecular formula is C15H22N6O2S2. The molecule has 0 aliphatic carbocycles. The van der Waals surface area contributed by atoms with Crippen molar-refractivity contribution >= 4 is 29.0 Å². The van der Waals surface area contributed by atoms with Crippen molar-refractivity contribution in [2.24, 2.45) is 0 Å². The number of carbonyl (C=O) groups is 1. The van der Waals surface area contributed by atoms with Gasteiger partial charge in [0.1, 0.15) is 5.82 Å². The van der Waals surface area contributed by atoms with E-state index in [1.807, 2.05) is 13.8 Å². The van der Waals surface area contributed by atoms with Gasteiger partial charge >= 0.3 is 0 Å². The molecule has 2 aromatic rings. The second-order valence-corrected chi connectivity index (χ2v) is 8.12. The number of thioether (sulfide) groups is 1. The van der Waals surface area contributed by atoms with Crippen molar-refractivity contribution in [3.63, 3.8) is 0 Å². The van der Waals surface area contributed by atoms with Crippen LogP contribution in [0.25, 0.3) is 0 Å². The van der Waals surface area contributed by atoms with Gasteiger partial charge in [-0.3, -0.25) is 14.8 Å². The SMILES string of the molecule is Cc1nc(SCC(=O)N[C@@H]2CCN(Cc3csc(C)n3)C[C@H]2O)n[nH]1. The van der Waals surface area contributed by atoms with E-state index in [1.165, 1.54) is 11.8 Å². The number of nitrogens with one attached hydrogen (secondary N) is 2. The fraction of sp³-hybridized carbons (Fsp3) is 0.600. The van der Waals surface area contributed by atoms with Crippen molar-refractivity contribution in [3.05, 3.63) is 21.9 Å². The number of likely N-dealkylation sites (tertiary alicyclic amines) is 1. The summed E-state index contributed by atoms with van der Waals surface area (Å²) in [6.45, 7) is 5.90. The van der Waals surface area contributed by atoms with Crippen LogP contribution in [0.5, 0.6) is 0 Å². The summed E-state index contributed by atoms with van der Waals surface area (Å²) in [5.41, 5.74) is 1.04. The first-order valence-electron chi connectivity index (χ1n) is 8.12. The monoisotopic (exact) mass is 382 g/mol. The number of carbonyl (C=O) groups excluding carboxylic acids is 1. The van der Waals surface area contributed by atoms with E-state index in [4.69, 9.17) is 0 Å². The van der Waals surface area contributed by atoms with Gasteiger partial charge in [0.05, 0.1) is 28.6 Å². The Labute approximate surface area is 154 Å². The third-order valence-corrected chi connectivity index (χ3v) is 5.64. The molecule has 1 aliphatic rings. The van der Waals surface area contributed by atoms with E-state index in [-0.39, 0.29) is 17.7 Å². The highest BCUT2D eigenvalue weighted by atomic mass is 32.2. The third-order valence-electron chi connectivity index (χ3n) is 3.97. The summed E-state index contributed by atoms with van der Waals surface area (Å²) in [6.07, 6.45) is 0.147. The minimum Gasteiger partial charge on any atom is -0.390 e. The van der Waals surface area contributed by atoms with E-state index < -0.39 is 6.10 Å². The number of aromatic amines is 1. The van der Waals surface area contributed by atoms with Crippen LogP contribution in [-0.2, 0) is 11.3 Å². The van der Waals surface area contributed by atoms with E-state index in [9.17, 15) is 9.90 Å². The predicted octanol–water partition coefficient (Wildman–Crippen LogP) is 0.722. The van der Waals surface area contributed by atoms with E-state index in [2.05, 4.69) is 35.8 Å². The minimum atomic E-state index is -0.576. The lowest BCUT2D eigenvalue weighted by atomic mass is 10.0. The molecule has 3 heterocycles. The molecule has 0 unspecified atom stereocenters. The highest BCUT2D eigenvalue weighted by Crippen LogP contribution is 2.17. The molecule has 2 atom stereocenters. The lowest BCUT2D eigenvalue weighted by molar-refractivity contribution is -0.120. The Morgan fingerprint density at radius 2 is 2.36 bits per heavy atom. The van der Waals surface area contributed by atoms with Crippen molar-refractivity contribution in [2.75, 3.05) is 18.8 Å². The van der Waals surface area contributed by atoms with Gasteiger partial charge in [0.2, 0.25) is 11.1 Å². The molecule has 0 spiro atoms. The largest absolute Gasteiger partial charge is 0.390 e. The summed E-state index contributed by atoms with van der Waals surface area (Å²) < 4.78 is 0. The summed E-state index contributed by atoms with van der Waals surface area (Å²) in [6, 6.07) is -0.213. The molecule has 0 saturated carbocycles. The van der Waals surface area contributed by atoms with Gasteiger partial charge in [-0.05, 0) is 20.3 Å². The molecule has 1 fully saturated rings. The molecule has 0 bridgehead atoms. The normalized spacial score (nSPS) is 21.4. The Hall–Kier alpha value is -1.49. The summed E-state index contributed by atoms with van der Waals surface area (Å²) >= 11 is 2.91. The zero-order chi connectivity index (χ0) is 17.8. The second-order valence-electron chi connectivity index (χ2n) is 6.12. The van der Waals surface area contributed by atoms with Gasteiger partial charge in [-0.15, -0.1) is 16.4 Å². The van der Waals surface area contributed by atoms with Gasteiger partial charge < -0.3 is 10.4 Å². The number of piperidine rings is 1. The number of β-amino-alcohol motifs (C(OH)–C–C–N with tert-alkyl or cyclic N) is 1. The summed E-state index contributed by atoms with van der Waals surface area (Å²) in [4.78, 5) is 22.9. The zero-order valence-corrected chi connectivity index (χ0v) is 15.9. The number of amides is 1. The van der Waals surface area contributed by atoms with Crippen LogP contribution in [-0.4, -0.2) is 67.1 Å². The molecule has 10 heteroatoms. The molecule has 1 saturated heterocycles. The molecule has 0 aromatic carbocycles. The Morgan fingerprint density at radius 1 is 1.52 bits per heavy atom. The van der Waals surface area contributed by atoms with Crippen LogP contribution in [0.2, 0.25) is 0 Å². The van der Waals surface area contributed by atoms with E-state index in [1.54, 1.807) is 11.3 Å². The van der Waals surface area contributed by atoms with Gasteiger partial charge in [-0.2, -0.15) is 0 Å². The number of aryl methyl sites for hydroxylation is 2. The van der Waals surface area contributed by atoms with Crippen molar-refractivity contribution in [1.82, 2.24) is 30.4 Å². The van der Waals surface area contributed by atoms with Crippen LogP contribution in [0.1, 0.15) is 22.9 Å². The Kier molecular flexibility index (Phi) is 6.05. The van der Waals surface area contributed by atoms with Crippen molar-refractivity contribution < 1.29 is 9.90 Å². The summed E-state index contributed by atoms with van der Waals surface area (Å²) in [5, 5.41) is 23.7. The number of aromatic nitrogens is 4. The molecule has 1 aliphatic heterocycles. The van der Waals surface area contributed by atoms with E-state index >= 15 is 0 Å². The fourth-order valence-electron chi connectivity index (χ4n) is 2.78. The molecule has 25 heavy (non-hydrogen) atoms. The molecule has 3 N–H and O–H groups in total. The number of rotatable bonds is 6. The van der Waals surface area contributed by atoms with Gasteiger partial charge in [0.25, 0.3) is 0 Å². The van der Waals surface area contributed by atoms with E-state index in [0.717, 1.165) is 36.0 Å². The smallest absolute Gasteiger partial charge is 0.230 e. The minimum absolute atomic E-state index is 0.111. The number of thiazole rings is 1. The highest BCUT2D eigenvalue weighted by Gasteiger charge is 2.29. The summed E-state index contributed by atoms with van der Waals surface area (Å²) in [5.74, 6) is 0.851. The second kappa shape index (κ2) is 8.26. The van der Waals surface area contributed by atoms with Gasteiger partial charge in [0.15, 0.2) is 0 Å². The van der Waals surface area contributed by atoms with Gasteiger partial charge in [-0.1, -0.05) is 11.8 Å². The van der Waals surface area contributed by atoms with Crippen LogP contribution < -0.4 is 5.32 Å². The van der Waals surface area contributed by atoms with Crippen LogP contribution in [0.15, 0.2) is 10.5 Å².